The van der Waals surface area contributed by atoms with Crippen LogP contribution in [0.5, 0.6) is 0 Å². The number of aryl methyl sites for hydroxylation is 2. The molecule has 1 aromatic heterocycles. The van der Waals surface area contributed by atoms with Crippen LogP contribution in [0.4, 0.5) is 0 Å². The van der Waals surface area contributed by atoms with Gasteiger partial charge in [0, 0.05) is 51.5 Å². The summed E-state index contributed by atoms with van der Waals surface area (Å²) in [4.78, 5) is 18.1. The van der Waals surface area contributed by atoms with Gasteiger partial charge in [-0.25, -0.2) is 0 Å². The fraction of sp³-hybridized carbons (Fsp3) is 0.545. The Morgan fingerprint density at radius 1 is 1.07 bits per heavy atom. The van der Waals surface area contributed by atoms with Crippen LogP contribution in [0.25, 0.3) is 0 Å². The van der Waals surface area contributed by atoms with Gasteiger partial charge in [-0.05, 0) is 32.3 Å². The average Bonchev–Trinajstić information content (AvgIpc) is 3.07. The molecule has 0 bridgehead atoms. The normalized spacial score (nSPS) is 20.3. The summed E-state index contributed by atoms with van der Waals surface area (Å²) >= 11 is 0. The lowest BCUT2D eigenvalue weighted by atomic mass is 9.73. The van der Waals surface area contributed by atoms with Crippen LogP contribution in [0.2, 0.25) is 0 Å². The summed E-state index contributed by atoms with van der Waals surface area (Å²) in [7, 11) is 0. The minimum atomic E-state index is -0.441. The van der Waals surface area contributed by atoms with Crippen molar-refractivity contribution >= 4 is 5.91 Å². The van der Waals surface area contributed by atoms with E-state index in [1.807, 2.05) is 32.0 Å². The maximum absolute atomic E-state index is 13.6. The zero-order valence-electron chi connectivity index (χ0n) is 16.8. The van der Waals surface area contributed by atoms with Crippen LogP contribution in [0.3, 0.4) is 0 Å². The van der Waals surface area contributed by atoms with Crippen molar-refractivity contribution in [1.82, 2.24) is 15.0 Å². The monoisotopic (exact) mass is 383 g/mol. The molecule has 0 saturated carbocycles. The molecule has 2 fully saturated rings. The zero-order chi connectivity index (χ0) is 19.6. The van der Waals surface area contributed by atoms with E-state index in [4.69, 9.17) is 9.26 Å². The molecule has 150 valence electrons. The predicted octanol–water partition coefficient (Wildman–Crippen LogP) is 2.68. The number of carbonyl (C=O) groups excluding carboxylic acids is 1. The number of piperazine rings is 1. The Hall–Kier alpha value is -2.18. The molecule has 4 rings (SSSR count). The Morgan fingerprint density at radius 3 is 2.36 bits per heavy atom. The highest BCUT2D eigenvalue weighted by Gasteiger charge is 2.44. The molecule has 0 radical (unpaired) electrons. The van der Waals surface area contributed by atoms with Crippen LogP contribution in [-0.4, -0.2) is 60.3 Å². The van der Waals surface area contributed by atoms with Crippen LogP contribution in [0.1, 0.15) is 35.4 Å². The number of rotatable bonds is 4. The standard InChI is InChI=1S/C22H29N3O3/c1-17-20(18(2)28-23-17)16-24-10-12-25(13-11-24)21(26)22(8-14-27-15-9-22)19-6-4-3-5-7-19/h3-7H,8-16H2,1-2H3. The van der Waals surface area contributed by atoms with Gasteiger partial charge in [-0.15, -0.1) is 0 Å². The third-order valence-corrected chi connectivity index (χ3v) is 6.30. The first-order valence-electron chi connectivity index (χ1n) is 10.2. The third-order valence-electron chi connectivity index (χ3n) is 6.30. The molecule has 1 amide bonds. The van der Waals surface area contributed by atoms with E-state index < -0.39 is 5.41 Å². The number of aromatic nitrogens is 1. The number of carbonyl (C=O) groups is 1. The van der Waals surface area contributed by atoms with Gasteiger partial charge in [0.25, 0.3) is 0 Å². The van der Waals surface area contributed by atoms with E-state index in [2.05, 4.69) is 27.1 Å². The van der Waals surface area contributed by atoms with Gasteiger partial charge in [-0.1, -0.05) is 35.5 Å². The Bertz CT molecular complexity index is 784. The van der Waals surface area contributed by atoms with Crippen molar-refractivity contribution in [3.63, 3.8) is 0 Å². The van der Waals surface area contributed by atoms with Crippen LogP contribution < -0.4 is 0 Å². The largest absolute Gasteiger partial charge is 0.381 e. The number of hydrogen-bond donors (Lipinski definition) is 0. The van der Waals surface area contributed by atoms with E-state index in [0.717, 1.165) is 62.6 Å². The lowest BCUT2D eigenvalue weighted by Gasteiger charge is -2.43. The fourth-order valence-corrected chi connectivity index (χ4v) is 4.47. The van der Waals surface area contributed by atoms with Crippen molar-refractivity contribution in [3.8, 4) is 0 Å². The summed E-state index contributed by atoms with van der Waals surface area (Å²) in [5.41, 5.74) is 2.82. The Kier molecular flexibility index (Phi) is 5.51. The van der Waals surface area contributed by atoms with E-state index in [-0.39, 0.29) is 5.91 Å². The summed E-state index contributed by atoms with van der Waals surface area (Å²) in [6.45, 7) is 9.34. The van der Waals surface area contributed by atoms with E-state index in [1.54, 1.807) is 0 Å². The molecule has 6 nitrogen and oxygen atoms in total. The zero-order valence-corrected chi connectivity index (χ0v) is 16.8. The number of hydrogen-bond acceptors (Lipinski definition) is 5. The van der Waals surface area contributed by atoms with Gasteiger partial charge in [0.1, 0.15) is 5.76 Å². The predicted molar refractivity (Wildman–Crippen MR) is 106 cm³/mol. The van der Waals surface area contributed by atoms with Gasteiger partial charge in [0.05, 0.1) is 11.1 Å². The van der Waals surface area contributed by atoms with Crippen LogP contribution >= 0.6 is 0 Å². The lowest BCUT2D eigenvalue weighted by molar-refractivity contribution is -0.143. The fourth-order valence-electron chi connectivity index (χ4n) is 4.47. The molecule has 3 heterocycles. The van der Waals surface area contributed by atoms with E-state index in [9.17, 15) is 4.79 Å². The molecular formula is C22H29N3O3. The molecule has 2 saturated heterocycles. The summed E-state index contributed by atoms with van der Waals surface area (Å²) in [6.07, 6.45) is 1.52. The second kappa shape index (κ2) is 8.05. The lowest BCUT2D eigenvalue weighted by Crippen LogP contribution is -2.55. The Morgan fingerprint density at radius 2 is 1.75 bits per heavy atom. The van der Waals surface area contributed by atoms with Gasteiger partial charge in [-0.2, -0.15) is 0 Å². The molecule has 28 heavy (non-hydrogen) atoms. The smallest absolute Gasteiger partial charge is 0.233 e. The Labute approximate surface area is 166 Å². The van der Waals surface area contributed by atoms with E-state index in [0.29, 0.717) is 13.2 Å². The molecule has 2 aliphatic heterocycles. The number of benzene rings is 1. The molecule has 6 heteroatoms. The molecule has 0 unspecified atom stereocenters. The van der Waals surface area contributed by atoms with Crippen molar-refractivity contribution in [3.05, 3.63) is 52.9 Å². The summed E-state index contributed by atoms with van der Waals surface area (Å²) in [6, 6.07) is 10.3. The summed E-state index contributed by atoms with van der Waals surface area (Å²) in [5, 5.41) is 4.05. The van der Waals surface area contributed by atoms with E-state index in [1.165, 1.54) is 5.56 Å². The van der Waals surface area contributed by atoms with Crippen molar-refractivity contribution in [1.29, 1.82) is 0 Å². The molecule has 0 aliphatic carbocycles. The highest BCUT2D eigenvalue weighted by Crippen LogP contribution is 2.37. The second-order valence-corrected chi connectivity index (χ2v) is 7.93. The maximum Gasteiger partial charge on any atom is 0.233 e. The van der Waals surface area contributed by atoms with Crippen molar-refractivity contribution in [2.75, 3.05) is 39.4 Å². The SMILES string of the molecule is Cc1noc(C)c1CN1CCN(C(=O)C2(c3ccccc3)CCOCC2)CC1. The highest BCUT2D eigenvalue weighted by atomic mass is 16.5. The minimum Gasteiger partial charge on any atom is -0.381 e. The molecular weight excluding hydrogens is 354 g/mol. The highest BCUT2D eigenvalue weighted by molar-refractivity contribution is 5.88. The first-order valence-corrected chi connectivity index (χ1v) is 10.2. The van der Waals surface area contributed by atoms with Gasteiger partial charge in [-0.3, -0.25) is 9.69 Å². The first-order chi connectivity index (χ1) is 13.6. The minimum absolute atomic E-state index is 0.263. The van der Waals surface area contributed by atoms with Gasteiger partial charge in [0.2, 0.25) is 5.91 Å². The van der Waals surface area contributed by atoms with Crippen LogP contribution in [0.15, 0.2) is 34.9 Å². The van der Waals surface area contributed by atoms with Crippen LogP contribution in [-0.2, 0) is 21.5 Å². The average molecular weight is 383 g/mol. The molecule has 0 atom stereocenters. The number of nitrogens with zero attached hydrogens (tertiary/aromatic N) is 3. The number of amides is 1. The molecule has 0 N–H and O–H groups in total. The van der Waals surface area contributed by atoms with Crippen molar-refractivity contribution in [2.24, 2.45) is 0 Å². The molecule has 2 aromatic rings. The second-order valence-electron chi connectivity index (χ2n) is 7.93. The first kappa shape index (κ1) is 19.2. The molecule has 1 aromatic carbocycles. The van der Waals surface area contributed by atoms with Gasteiger partial charge >= 0.3 is 0 Å². The topological polar surface area (TPSA) is 58.8 Å². The molecule has 2 aliphatic rings. The van der Waals surface area contributed by atoms with Crippen LogP contribution in [0, 0.1) is 13.8 Å². The third kappa shape index (κ3) is 3.59. The Balaban J connectivity index is 1.45. The number of ether oxygens (including phenoxy) is 1. The summed E-state index contributed by atoms with van der Waals surface area (Å²) < 4.78 is 10.9. The summed E-state index contributed by atoms with van der Waals surface area (Å²) in [5.74, 6) is 1.15. The van der Waals surface area contributed by atoms with Crippen molar-refractivity contribution < 1.29 is 14.1 Å². The maximum atomic E-state index is 13.6. The van der Waals surface area contributed by atoms with Crippen molar-refractivity contribution in [2.45, 2.75) is 38.6 Å². The van der Waals surface area contributed by atoms with E-state index >= 15 is 0 Å². The quantitative estimate of drug-likeness (QED) is 0.812. The van der Waals surface area contributed by atoms with Gasteiger partial charge in [0.15, 0.2) is 0 Å². The van der Waals surface area contributed by atoms with Gasteiger partial charge < -0.3 is 14.2 Å². The molecule has 0 spiro atoms.